The summed E-state index contributed by atoms with van der Waals surface area (Å²) in [4.78, 5) is 17.4. The largest absolute Gasteiger partial charge is 0.483 e. The zero-order valence-corrected chi connectivity index (χ0v) is 12.7. The third-order valence-electron chi connectivity index (χ3n) is 2.87. The van der Waals surface area contributed by atoms with Gasteiger partial charge in [0.05, 0.1) is 13.2 Å². The number of aliphatic imine (C=N–C) groups is 1. The number of hydrogen-bond acceptors (Lipinski definition) is 5. The Kier molecular flexibility index (Phi) is 4.25. The lowest BCUT2D eigenvalue weighted by Crippen LogP contribution is -1.93. The maximum atomic E-state index is 7.37. The summed E-state index contributed by atoms with van der Waals surface area (Å²) < 4.78 is 6.99. The fourth-order valence-corrected chi connectivity index (χ4v) is 2.45. The Morgan fingerprint density at radius 3 is 2.85 bits per heavy atom. The van der Waals surface area contributed by atoms with Gasteiger partial charge in [-0.3, -0.25) is 0 Å². The molecular formula is C13H15N5OS. The zero-order valence-electron chi connectivity index (χ0n) is 11.8. The average Bonchev–Trinajstić information content (AvgIpc) is 2.73. The fraction of sp³-hybridized carbons (Fsp3) is 0.385. The lowest BCUT2D eigenvalue weighted by atomic mass is 10.3. The van der Waals surface area contributed by atoms with Crippen molar-refractivity contribution >= 4 is 40.8 Å². The predicted octanol–water partition coefficient (Wildman–Crippen LogP) is 3.25. The quantitative estimate of drug-likeness (QED) is 0.375. The number of thioether (sulfide) groups is 1. The molecule has 20 heavy (non-hydrogen) atoms. The van der Waals surface area contributed by atoms with Crippen LogP contribution < -0.4 is 0 Å². The van der Waals surface area contributed by atoms with Gasteiger partial charge >= 0.3 is 0 Å². The normalized spacial score (nSPS) is 11.2. The Labute approximate surface area is 121 Å². The summed E-state index contributed by atoms with van der Waals surface area (Å²) in [5.74, 6) is 1.22. The molecular weight excluding hydrogens is 274 g/mol. The van der Waals surface area contributed by atoms with Gasteiger partial charge in [0.1, 0.15) is 11.3 Å². The first-order chi connectivity index (χ1) is 9.63. The van der Waals surface area contributed by atoms with E-state index in [2.05, 4.69) is 19.8 Å². The van der Waals surface area contributed by atoms with Crippen molar-refractivity contribution in [2.24, 2.45) is 12.0 Å². The Morgan fingerprint density at radius 2 is 2.25 bits per heavy atom. The van der Waals surface area contributed by atoms with Crippen LogP contribution in [0.2, 0.25) is 0 Å². The lowest BCUT2D eigenvalue weighted by Gasteiger charge is -2.05. The second kappa shape index (κ2) is 5.92. The molecule has 0 amide bonds. The third-order valence-corrected chi connectivity index (χ3v) is 3.67. The molecule has 2 aromatic heterocycles. The summed E-state index contributed by atoms with van der Waals surface area (Å²) in [6.07, 6.45) is 3.25. The molecule has 0 fully saturated rings. The first-order valence-corrected chi connectivity index (χ1v) is 7.29. The number of aryl methyl sites for hydroxylation is 2. The van der Waals surface area contributed by atoms with Gasteiger partial charge in [-0.05, 0) is 20.1 Å². The number of aromatic nitrogens is 3. The number of ether oxygens (including phenoxy) is 1. The molecule has 0 spiro atoms. The SMILES string of the molecule is [C-]#[N+]c1c(/N=C\OCC)nc2c(nc(C)n2C)c1SC. The van der Waals surface area contributed by atoms with E-state index in [0.717, 1.165) is 21.9 Å². The highest BCUT2D eigenvalue weighted by Gasteiger charge is 2.18. The molecule has 6 nitrogen and oxygen atoms in total. The Morgan fingerprint density at radius 1 is 1.50 bits per heavy atom. The number of pyridine rings is 1. The Balaban J connectivity index is 2.74. The maximum absolute atomic E-state index is 7.37. The van der Waals surface area contributed by atoms with Crippen molar-refractivity contribution in [3.8, 4) is 0 Å². The molecule has 0 atom stereocenters. The van der Waals surface area contributed by atoms with E-state index in [4.69, 9.17) is 11.3 Å². The minimum atomic E-state index is 0.369. The molecule has 7 heteroatoms. The number of nitrogens with zero attached hydrogens (tertiary/aromatic N) is 5. The Hall–Kier alpha value is -2.07. The monoisotopic (exact) mass is 289 g/mol. The van der Waals surface area contributed by atoms with E-state index in [-0.39, 0.29) is 0 Å². The highest BCUT2D eigenvalue weighted by molar-refractivity contribution is 7.99. The van der Waals surface area contributed by atoms with E-state index in [0.29, 0.717) is 18.1 Å². The van der Waals surface area contributed by atoms with E-state index >= 15 is 0 Å². The van der Waals surface area contributed by atoms with Gasteiger partial charge in [0.15, 0.2) is 17.9 Å². The highest BCUT2D eigenvalue weighted by Crippen LogP contribution is 2.40. The molecule has 0 aliphatic rings. The molecule has 0 N–H and O–H groups in total. The first-order valence-electron chi connectivity index (χ1n) is 6.06. The number of hydrogen-bond donors (Lipinski definition) is 0. The van der Waals surface area contributed by atoms with Gasteiger partial charge in [-0.15, -0.1) is 11.8 Å². The molecule has 104 valence electrons. The lowest BCUT2D eigenvalue weighted by molar-refractivity contribution is 0.344. The molecule has 0 saturated carbocycles. The van der Waals surface area contributed by atoms with Crippen molar-refractivity contribution in [2.75, 3.05) is 12.9 Å². The van der Waals surface area contributed by atoms with Crippen LogP contribution in [0.25, 0.3) is 16.0 Å². The zero-order chi connectivity index (χ0) is 14.7. The van der Waals surface area contributed by atoms with Gasteiger partial charge in [-0.1, -0.05) is 0 Å². The number of fused-ring (bicyclic) bond motifs is 1. The van der Waals surface area contributed by atoms with E-state index < -0.39 is 0 Å². The van der Waals surface area contributed by atoms with E-state index in [9.17, 15) is 0 Å². The molecule has 2 rings (SSSR count). The van der Waals surface area contributed by atoms with Crippen molar-refractivity contribution in [3.05, 3.63) is 17.2 Å². The Bertz CT molecular complexity index is 714. The average molecular weight is 289 g/mol. The second-order valence-electron chi connectivity index (χ2n) is 4.01. The van der Waals surface area contributed by atoms with Crippen LogP contribution >= 0.6 is 11.8 Å². The van der Waals surface area contributed by atoms with Crippen molar-refractivity contribution in [3.63, 3.8) is 0 Å². The van der Waals surface area contributed by atoms with Gasteiger partial charge in [-0.25, -0.2) is 19.8 Å². The molecule has 0 unspecified atom stereocenters. The van der Waals surface area contributed by atoms with Gasteiger partial charge in [0.25, 0.3) is 0 Å². The molecule has 2 aromatic rings. The van der Waals surface area contributed by atoms with Crippen LogP contribution in [0, 0.1) is 13.5 Å². The minimum Gasteiger partial charge on any atom is -0.483 e. The summed E-state index contributed by atoms with van der Waals surface area (Å²) in [5.41, 5.74) is 1.89. The van der Waals surface area contributed by atoms with Crippen LogP contribution in [0.3, 0.4) is 0 Å². The standard InChI is InChI=1S/C13H15N5OS/c1-6-19-7-15-12-9(14-3)11(20-5)10-13(17-12)18(4)8(2)16-10/h7H,6H2,1-2,4-5H3/b15-7-. The summed E-state index contributed by atoms with van der Waals surface area (Å²) in [6.45, 7) is 11.7. The summed E-state index contributed by atoms with van der Waals surface area (Å²) in [7, 11) is 1.90. The third kappa shape index (κ3) is 2.34. The molecule has 0 aromatic carbocycles. The molecule has 0 aliphatic heterocycles. The van der Waals surface area contributed by atoms with Gasteiger partial charge in [0.2, 0.25) is 5.69 Å². The van der Waals surface area contributed by atoms with E-state index in [1.54, 1.807) is 0 Å². The van der Waals surface area contributed by atoms with Crippen LogP contribution in [0.4, 0.5) is 11.5 Å². The maximum Gasteiger partial charge on any atom is 0.246 e. The number of rotatable bonds is 4. The van der Waals surface area contributed by atoms with Crippen molar-refractivity contribution in [1.29, 1.82) is 0 Å². The molecule has 0 bridgehead atoms. The topological polar surface area (TPSA) is 56.7 Å². The van der Waals surface area contributed by atoms with Crippen molar-refractivity contribution in [1.82, 2.24) is 14.5 Å². The van der Waals surface area contributed by atoms with Crippen molar-refractivity contribution in [2.45, 2.75) is 18.7 Å². The molecule has 2 heterocycles. The summed E-state index contributed by atoms with van der Waals surface area (Å²) in [6, 6.07) is 0. The van der Waals surface area contributed by atoms with Crippen LogP contribution in [0.1, 0.15) is 12.7 Å². The summed E-state index contributed by atoms with van der Waals surface area (Å²) >= 11 is 1.48. The predicted molar refractivity (Wildman–Crippen MR) is 81.1 cm³/mol. The highest BCUT2D eigenvalue weighted by atomic mass is 32.2. The minimum absolute atomic E-state index is 0.369. The van der Waals surface area contributed by atoms with Crippen LogP contribution in [-0.2, 0) is 11.8 Å². The first kappa shape index (κ1) is 14.3. The fourth-order valence-electron chi connectivity index (χ4n) is 1.79. The van der Waals surface area contributed by atoms with Crippen LogP contribution in [-0.4, -0.2) is 33.8 Å². The van der Waals surface area contributed by atoms with Crippen LogP contribution in [0.15, 0.2) is 9.89 Å². The van der Waals surface area contributed by atoms with E-state index in [1.807, 2.05) is 31.7 Å². The second-order valence-corrected chi connectivity index (χ2v) is 4.83. The van der Waals surface area contributed by atoms with E-state index in [1.165, 1.54) is 18.2 Å². The number of imidazole rings is 1. The van der Waals surface area contributed by atoms with Crippen LogP contribution in [0.5, 0.6) is 0 Å². The molecule has 0 aliphatic carbocycles. The van der Waals surface area contributed by atoms with Gasteiger partial charge in [-0.2, -0.15) is 0 Å². The van der Waals surface area contributed by atoms with Gasteiger partial charge < -0.3 is 9.30 Å². The smallest absolute Gasteiger partial charge is 0.246 e. The molecule has 0 saturated heterocycles. The van der Waals surface area contributed by atoms with Crippen molar-refractivity contribution < 1.29 is 4.74 Å². The van der Waals surface area contributed by atoms with Gasteiger partial charge in [0, 0.05) is 11.9 Å². The summed E-state index contributed by atoms with van der Waals surface area (Å²) in [5, 5.41) is 0. The molecule has 0 radical (unpaired) electrons.